The van der Waals surface area contributed by atoms with Gasteiger partial charge in [0, 0.05) is 12.8 Å². The van der Waals surface area contributed by atoms with Gasteiger partial charge in [0.25, 0.3) is 0 Å². The van der Waals surface area contributed by atoms with Gasteiger partial charge in [-0.3, -0.25) is 4.98 Å². The molecular weight excluding hydrogens is 322 g/mol. The summed E-state index contributed by atoms with van der Waals surface area (Å²) in [6.07, 6.45) is 2.43. The number of hydrogen-bond donors (Lipinski definition) is 0. The van der Waals surface area contributed by atoms with Gasteiger partial charge in [0.1, 0.15) is 6.10 Å². The number of hydrogen-bond acceptors (Lipinski definition) is 4. The Labute approximate surface area is 143 Å². The molecule has 128 valence electrons. The summed E-state index contributed by atoms with van der Waals surface area (Å²) in [7, 11) is -3.43. The van der Waals surface area contributed by atoms with E-state index in [2.05, 4.69) is 11.1 Å². The molecule has 24 heavy (non-hydrogen) atoms. The molecule has 0 radical (unpaired) electrons. The maximum absolute atomic E-state index is 13.1. The fourth-order valence-electron chi connectivity index (χ4n) is 3.34. The second-order valence-electron chi connectivity index (χ2n) is 6.79. The van der Waals surface area contributed by atoms with Crippen LogP contribution in [0.25, 0.3) is 0 Å². The molecule has 0 spiro atoms. The molecule has 3 rings (SSSR count). The standard InChI is InChI=1S/C19H23NO3S/c1-14-11-15(2)18(20-13-14)17-12-19(3,9-10-23-17)24(21,22)16-7-5-4-6-8-16/h4-8,11,13,17H,9-10,12H2,1-3H3. The van der Waals surface area contributed by atoms with Gasteiger partial charge in [-0.25, -0.2) is 8.42 Å². The highest BCUT2D eigenvalue weighted by Gasteiger charge is 2.45. The lowest BCUT2D eigenvalue weighted by Crippen LogP contribution is -2.42. The van der Waals surface area contributed by atoms with Crippen LogP contribution in [0.3, 0.4) is 0 Å². The zero-order valence-electron chi connectivity index (χ0n) is 14.3. The van der Waals surface area contributed by atoms with Crippen LogP contribution >= 0.6 is 0 Å². The van der Waals surface area contributed by atoms with Crippen LogP contribution in [0.1, 0.15) is 42.7 Å². The molecule has 1 aromatic carbocycles. The molecule has 5 heteroatoms. The van der Waals surface area contributed by atoms with Crippen molar-refractivity contribution in [3.8, 4) is 0 Å². The number of benzene rings is 1. The smallest absolute Gasteiger partial charge is 0.183 e. The molecule has 0 N–H and O–H groups in total. The predicted molar refractivity (Wildman–Crippen MR) is 93.7 cm³/mol. The van der Waals surface area contributed by atoms with E-state index >= 15 is 0 Å². The van der Waals surface area contributed by atoms with Gasteiger partial charge in [0.2, 0.25) is 0 Å². The number of aryl methyl sites for hydroxylation is 2. The Bertz CT molecular complexity index is 833. The summed E-state index contributed by atoms with van der Waals surface area (Å²) in [6.45, 7) is 6.24. The SMILES string of the molecule is Cc1cnc(C2CC(C)(S(=O)(=O)c3ccccc3)CCO2)c(C)c1. The van der Waals surface area contributed by atoms with E-state index in [-0.39, 0.29) is 6.10 Å². The van der Waals surface area contributed by atoms with E-state index in [4.69, 9.17) is 4.74 Å². The summed E-state index contributed by atoms with van der Waals surface area (Å²) >= 11 is 0. The Morgan fingerprint density at radius 1 is 1.21 bits per heavy atom. The molecule has 0 saturated carbocycles. The highest BCUT2D eigenvalue weighted by atomic mass is 32.2. The van der Waals surface area contributed by atoms with Gasteiger partial charge < -0.3 is 4.74 Å². The van der Waals surface area contributed by atoms with Crippen molar-refractivity contribution < 1.29 is 13.2 Å². The number of sulfone groups is 1. The number of pyridine rings is 1. The molecule has 2 heterocycles. The molecule has 1 aromatic heterocycles. The molecule has 1 fully saturated rings. The first-order valence-corrected chi connectivity index (χ1v) is 9.66. The summed E-state index contributed by atoms with van der Waals surface area (Å²) in [6, 6.07) is 10.7. The van der Waals surface area contributed by atoms with E-state index in [9.17, 15) is 8.42 Å². The van der Waals surface area contributed by atoms with Gasteiger partial charge in [-0.1, -0.05) is 24.3 Å². The summed E-state index contributed by atoms with van der Waals surface area (Å²) in [4.78, 5) is 4.88. The minimum Gasteiger partial charge on any atom is -0.372 e. The lowest BCUT2D eigenvalue weighted by molar-refractivity contribution is -0.00256. The largest absolute Gasteiger partial charge is 0.372 e. The van der Waals surface area contributed by atoms with E-state index in [1.165, 1.54) is 0 Å². The second-order valence-corrected chi connectivity index (χ2v) is 9.26. The molecule has 1 aliphatic rings. The summed E-state index contributed by atoms with van der Waals surface area (Å²) in [5.74, 6) is 0. The highest BCUT2D eigenvalue weighted by Crippen LogP contribution is 2.41. The van der Waals surface area contributed by atoms with Crippen molar-refractivity contribution in [2.45, 2.75) is 49.4 Å². The van der Waals surface area contributed by atoms with Gasteiger partial charge in [-0.15, -0.1) is 0 Å². The minimum absolute atomic E-state index is 0.289. The minimum atomic E-state index is -3.43. The number of nitrogens with zero attached hydrogens (tertiary/aromatic N) is 1. The topological polar surface area (TPSA) is 56.3 Å². The summed E-state index contributed by atoms with van der Waals surface area (Å²) in [5.41, 5.74) is 2.97. The van der Waals surface area contributed by atoms with Gasteiger partial charge >= 0.3 is 0 Å². The van der Waals surface area contributed by atoms with Crippen molar-refractivity contribution in [1.29, 1.82) is 0 Å². The maximum Gasteiger partial charge on any atom is 0.183 e. The van der Waals surface area contributed by atoms with Crippen LogP contribution in [-0.4, -0.2) is 24.8 Å². The molecule has 0 amide bonds. The van der Waals surface area contributed by atoms with Crippen molar-refractivity contribution in [1.82, 2.24) is 4.98 Å². The van der Waals surface area contributed by atoms with Crippen LogP contribution in [0.15, 0.2) is 47.5 Å². The molecule has 4 nitrogen and oxygen atoms in total. The molecule has 1 aliphatic heterocycles. The normalized spacial score (nSPS) is 24.7. The fourth-order valence-corrected chi connectivity index (χ4v) is 5.14. The van der Waals surface area contributed by atoms with Crippen LogP contribution < -0.4 is 0 Å². The zero-order valence-corrected chi connectivity index (χ0v) is 15.1. The molecule has 2 aromatic rings. The zero-order chi connectivity index (χ0) is 17.4. The van der Waals surface area contributed by atoms with Crippen LogP contribution in [0, 0.1) is 13.8 Å². The van der Waals surface area contributed by atoms with Crippen LogP contribution in [0.5, 0.6) is 0 Å². The quantitative estimate of drug-likeness (QED) is 0.849. The number of rotatable bonds is 3. The predicted octanol–water partition coefficient (Wildman–Crippen LogP) is 3.78. The van der Waals surface area contributed by atoms with Crippen molar-refractivity contribution >= 4 is 9.84 Å². The molecule has 0 bridgehead atoms. The summed E-state index contributed by atoms with van der Waals surface area (Å²) < 4.78 is 31.3. The maximum atomic E-state index is 13.1. The van der Waals surface area contributed by atoms with Gasteiger partial charge in [-0.2, -0.15) is 0 Å². The fraction of sp³-hybridized carbons (Fsp3) is 0.421. The van der Waals surface area contributed by atoms with E-state index in [1.807, 2.05) is 33.0 Å². The lowest BCUT2D eigenvalue weighted by Gasteiger charge is -2.37. The first-order valence-electron chi connectivity index (χ1n) is 8.18. The van der Waals surface area contributed by atoms with E-state index in [0.29, 0.717) is 24.3 Å². The Hall–Kier alpha value is -1.72. The monoisotopic (exact) mass is 345 g/mol. The van der Waals surface area contributed by atoms with E-state index in [0.717, 1.165) is 16.8 Å². The molecule has 0 aliphatic carbocycles. The lowest BCUT2D eigenvalue weighted by atomic mass is 9.93. The van der Waals surface area contributed by atoms with Crippen LogP contribution in [-0.2, 0) is 14.6 Å². The van der Waals surface area contributed by atoms with Crippen molar-refractivity contribution in [3.05, 3.63) is 59.4 Å². The average molecular weight is 345 g/mol. The van der Waals surface area contributed by atoms with Crippen molar-refractivity contribution in [2.24, 2.45) is 0 Å². The molecular formula is C19H23NO3S. The first kappa shape index (κ1) is 17.1. The van der Waals surface area contributed by atoms with Gasteiger partial charge in [0.15, 0.2) is 9.84 Å². The molecule has 2 unspecified atom stereocenters. The highest BCUT2D eigenvalue weighted by molar-refractivity contribution is 7.92. The Kier molecular flexibility index (Phi) is 4.49. The third-order valence-electron chi connectivity index (χ3n) is 4.83. The second kappa shape index (κ2) is 6.30. The Balaban J connectivity index is 1.95. The van der Waals surface area contributed by atoms with Gasteiger partial charge in [0.05, 0.1) is 15.3 Å². The molecule has 2 atom stereocenters. The number of aromatic nitrogens is 1. The Morgan fingerprint density at radius 3 is 2.58 bits per heavy atom. The van der Waals surface area contributed by atoms with Crippen LogP contribution in [0.4, 0.5) is 0 Å². The third-order valence-corrected chi connectivity index (χ3v) is 7.39. The molecule has 1 saturated heterocycles. The average Bonchev–Trinajstić information content (AvgIpc) is 2.55. The van der Waals surface area contributed by atoms with Crippen molar-refractivity contribution in [2.75, 3.05) is 6.61 Å². The first-order chi connectivity index (χ1) is 11.3. The van der Waals surface area contributed by atoms with Crippen LogP contribution in [0.2, 0.25) is 0 Å². The third kappa shape index (κ3) is 2.98. The Morgan fingerprint density at radius 2 is 1.92 bits per heavy atom. The summed E-state index contributed by atoms with van der Waals surface area (Å²) in [5, 5.41) is 0. The van der Waals surface area contributed by atoms with E-state index < -0.39 is 14.6 Å². The van der Waals surface area contributed by atoms with Gasteiger partial charge in [-0.05, 0) is 56.9 Å². The number of ether oxygens (including phenoxy) is 1. The van der Waals surface area contributed by atoms with E-state index in [1.54, 1.807) is 24.3 Å². The van der Waals surface area contributed by atoms with Crippen molar-refractivity contribution in [3.63, 3.8) is 0 Å².